The lowest BCUT2D eigenvalue weighted by Crippen LogP contribution is -2.29. The maximum Gasteiger partial charge on any atom is 0.300 e. The second-order valence-corrected chi connectivity index (χ2v) is 7.72. The van der Waals surface area contributed by atoms with Gasteiger partial charge in [0.15, 0.2) is 0 Å². The van der Waals surface area contributed by atoms with Crippen LogP contribution in [0.3, 0.4) is 0 Å². The summed E-state index contributed by atoms with van der Waals surface area (Å²) in [6.45, 7) is 1.93. The number of ketones is 1. The largest absolute Gasteiger partial charge is 0.507 e. The van der Waals surface area contributed by atoms with Gasteiger partial charge in [-0.3, -0.25) is 14.5 Å². The molecule has 5 nitrogen and oxygen atoms in total. The van der Waals surface area contributed by atoms with Gasteiger partial charge in [0.05, 0.1) is 18.7 Å². The van der Waals surface area contributed by atoms with Crippen LogP contribution in [0.25, 0.3) is 5.76 Å². The fourth-order valence-corrected chi connectivity index (χ4v) is 3.89. The number of carbonyl (C=O) groups excluding carboxylic acids is 2. The van der Waals surface area contributed by atoms with Crippen molar-refractivity contribution in [2.75, 3.05) is 12.0 Å². The van der Waals surface area contributed by atoms with Gasteiger partial charge in [-0.15, -0.1) is 0 Å². The van der Waals surface area contributed by atoms with E-state index in [4.69, 9.17) is 16.3 Å². The molecule has 1 fully saturated rings. The van der Waals surface area contributed by atoms with Gasteiger partial charge in [-0.1, -0.05) is 41.4 Å². The Morgan fingerprint density at radius 1 is 1.00 bits per heavy atom. The first kappa shape index (κ1) is 20.7. The van der Waals surface area contributed by atoms with Crippen LogP contribution in [0.4, 0.5) is 5.69 Å². The van der Waals surface area contributed by atoms with Gasteiger partial charge in [-0.05, 0) is 61.0 Å². The number of carbonyl (C=O) groups is 2. The highest BCUT2D eigenvalue weighted by molar-refractivity contribution is 6.51. The van der Waals surface area contributed by atoms with E-state index in [0.29, 0.717) is 22.0 Å². The van der Waals surface area contributed by atoms with Crippen molar-refractivity contribution in [1.82, 2.24) is 0 Å². The Morgan fingerprint density at radius 2 is 1.68 bits per heavy atom. The first-order valence-electron chi connectivity index (χ1n) is 9.68. The Bertz CT molecular complexity index is 1180. The van der Waals surface area contributed by atoms with Crippen molar-refractivity contribution in [2.45, 2.75) is 13.0 Å². The number of anilines is 1. The molecule has 3 aromatic carbocycles. The molecule has 3 aromatic rings. The van der Waals surface area contributed by atoms with Gasteiger partial charge in [-0.2, -0.15) is 0 Å². The van der Waals surface area contributed by atoms with Gasteiger partial charge in [0.2, 0.25) is 0 Å². The average molecular weight is 434 g/mol. The third-order valence-electron chi connectivity index (χ3n) is 5.27. The summed E-state index contributed by atoms with van der Waals surface area (Å²) >= 11 is 5.96. The highest BCUT2D eigenvalue weighted by atomic mass is 35.5. The predicted octanol–water partition coefficient (Wildman–Crippen LogP) is 5.28. The van der Waals surface area contributed by atoms with Crippen LogP contribution in [0.5, 0.6) is 5.75 Å². The molecule has 31 heavy (non-hydrogen) atoms. The lowest BCUT2D eigenvalue weighted by molar-refractivity contribution is -0.132. The van der Waals surface area contributed by atoms with E-state index in [9.17, 15) is 14.7 Å². The van der Waals surface area contributed by atoms with Crippen molar-refractivity contribution in [3.8, 4) is 5.75 Å². The molecule has 1 heterocycles. The van der Waals surface area contributed by atoms with E-state index in [1.54, 1.807) is 55.6 Å². The van der Waals surface area contributed by atoms with Crippen LogP contribution >= 0.6 is 11.6 Å². The number of nitrogens with zero attached hydrogens (tertiary/aromatic N) is 1. The fraction of sp³-hybridized carbons (Fsp3) is 0.120. The summed E-state index contributed by atoms with van der Waals surface area (Å²) < 4.78 is 5.20. The van der Waals surface area contributed by atoms with E-state index in [1.807, 2.05) is 31.2 Å². The molecule has 4 rings (SSSR count). The number of aliphatic hydroxyl groups is 1. The number of halogens is 1. The first-order valence-corrected chi connectivity index (χ1v) is 10.1. The van der Waals surface area contributed by atoms with Crippen molar-refractivity contribution < 1.29 is 19.4 Å². The lowest BCUT2D eigenvalue weighted by Gasteiger charge is -2.26. The molecule has 1 N–H and O–H groups in total. The normalized spacial score (nSPS) is 17.8. The lowest BCUT2D eigenvalue weighted by atomic mass is 9.94. The second-order valence-electron chi connectivity index (χ2n) is 7.29. The minimum absolute atomic E-state index is 0.0359. The summed E-state index contributed by atoms with van der Waals surface area (Å²) in [4.78, 5) is 27.6. The average Bonchev–Trinajstić information content (AvgIpc) is 3.04. The minimum atomic E-state index is -0.774. The predicted molar refractivity (Wildman–Crippen MR) is 120 cm³/mol. The molecule has 1 saturated heterocycles. The molecule has 1 atom stereocenters. The molecular weight excluding hydrogens is 414 g/mol. The molecule has 0 aromatic heterocycles. The number of amides is 1. The summed E-state index contributed by atoms with van der Waals surface area (Å²) in [5.74, 6) is -1.05. The topological polar surface area (TPSA) is 66.8 Å². The van der Waals surface area contributed by atoms with Gasteiger partial charge in [0, 0.05) is 16.3 Å². The molecule has 0 aliphatic carbocycles. The summed E-state index contributed by atoms with van der Waals surface area (Å²) in [5.41, 5.74) is 2.68. The Hall–Kier alpha value is -3.57. The molecule has 6 heteroatoms. The maximum atomic E-state index is 13.1. The van der Waals surface area contributed by atoms with E-state index in [2.05, 4.69) is 0 Å². The van der Waals surface area contributed by atoms with Gasteiger partial charge < -0.3 is 9.84 Å². The highest BCUT2D eigenvalue weighted by Crippen LogP contribution is 2.42. The molecule has 0 radical (unpaired) electrons. The number of benzene rings is 3. The van der Waals surface area contributed by atoms with Crippen LogP contribution in [0.2, 0.25) is 5.02 Å². The van der Waals surface area contributed by atoms with Crippen molar-refractivity contribution in [3.05, 3.63) is 100 Å². The summed E-state index contributed by atoms with van der Waals surface area (Å²) in [5, 5.41) is 11.6. The quantitative estimate of drug-likeness (QED) is 0.345. The molecule has 1 aliphatic rings. The van der Waals surface area contributed by atoms with Crippen LogP contribution in [0, 0.1) is 6.92 Å². The van der Waals surface area contributed by atoms with E-state index >= 15 is 0 Å². The van der Waals surface area contributed by atoms with Crippen molar-refractivity contribution in [2.24, 2.45) is 0 Å². The Balaban J connectivity index is 1.92. The third kappa shape index (κ3) is 3.80. The smallest absolute Gasteiger partial charge is 0.300 e. The molecule has 1 unspecified atom stereocenters. The molecule has 1 aliphatic heterocycles. The van der Waals surface area contributed by atoms with Gasteiger partial charge in [0.25, 0.3) is 11.7 Å². The number of methoxy groups -OCH3 is 1. The summed E-state index contributed by atoms with van der Waals surface area (Å²) in [6.07, 6.45) is 0. The molecule has 1 amide bonds. The molecule has 0 saturated carbocycles. The number of rotatable bonds is 4. The molecule has 156 valence electrons. The third-order valence-corrected chi connectivity index (χ3v) is 5.52. The zero-order valence-electron chi connectivity index (χ0n) is 17.0. The van der Waals surface area contributed by atoms with Crippen molar-refractivity contribution in [3.63, 3.8) is 0 Å². The van der Waals surface area contributed by atoms with Crippen molar-refractivity contribution >= 4 is 34.7 Å². The van der Waals surface area contributed by atoms with Crippen LogP contribution in [-0.2, 0) is 9.59 Å². The SMILES string of the molecule is COc1ccc(N2C(=O)C(=O)/C(=C(\O)c3ccc(Cl)cc3)C2c2cccc(C)c2)cc1. The van der Waals surface area contributed by atoms with E-state index in [-0.39, 0.29) is 11.3 Å². The van der Waals surface area contributed by atoms with E-state index in [0.717, 1.165) is 11.1 Å². The monoisotopic (exact) mass is 433 g/mol. The molecular formula is C25H20ClNO4. The number of Topliss-reactive ketones (excluding diaryl/α,β-unsaturated/α-hetero) is 1. The van der Waals surface area contributed by atoms with Gasteiger partial charge >= 0.3 is 0 Å². The molecule has 0 bridgehead atoms. The highest BCUT2D eigenvalue weighted by Gasteiger charge is 2.46. The van der Waals surface area contributed by atoms with E-state index in [1.165, 1.54) is 4.90 Å². The van der Waals surface area contributed by atoms with Crippen LogP contribution in [0.15, 0.2) is 78.4 Å². The first-order chi connectivity index (χ1) is 14.9. The standard InChI is InChI=1S/C25H20ClNO4/c1-15-4-3-5-17(14-15)22-21(23(28)16-6-8-18(26)9-7-16)24(29)25(30)27(22)19-10-12-20(31-2)13-11-19/h3-14,22,28H,1-2H3/b23-21-. The Morgan fingerprint density at radius 3 is 2.29 bits per heavy atom. The zero-order chi connectivity index (χ0) is 22.1. The van der Waals surface area contributed by atoms with Gasteiger partial charge in [-0.25, -0.2) is 0 Å². The maximum absolute atomic E-state index is 13.1. The van der Waals surface area contributed by atoms with Crippen LogP contribution < -0.4 is 9.64 Å². The van der Waals surface area contributed by atoms with Crippen LogP contribution in [-0.4, -0.2) is 23.9 Å². The van der Waals surface area contributed by atoms with Crippen LogP contribution in [0.1, 0.15) is 22.7 Å². The summed E-state index contributed by atoms with van der Waals surface area (Å²) in [6, 6.07) is 20.1. The number of ether oxygens (including phenoxy) is 1. The second kappa shape index (κ2) is 8.28. The van der Waals surface area contributed by atoms with Crippen molar-refractivity contribution in [1.29, 1.82) is 0 Å². The Labute approximate surface area is 185 Å². The Kier molecular flexibility index (Phi) is 5.53. The molecule has 0 spiro atoms. The summed E-state index contributed by atoms with van der Waals surface area (Å²) in [7, 11) is 1.56. The number of aryl methyl sites for hydroxylation is 1. The zero-order valence-corrected chi connectivity index (χ0v) is 17.8. The number of hydrogen-bond acceptors (Lipinski definition) is 4. The number of hydrogen-bond donors (Lipinski definition) is 1. The number of aliphatic hydroxyl groups excluding tert-OH is 1. The van der Waals surface area contributed by atoms with E-state index < -0.39 is 17.7 Å². The van der Waals surface area contributed by atoms with Gasteiger partial charge in [0.1, 0.15) is 11.5 Å². The minimum Gasteiger partial charge on any atom is -0.507 e. The fourth-order valence-electron chi connectivity index (χ4n) is 3.76.